The molecule has 1 aromatic rings. The number of carbonyl (C=O) groups excluding carboxylic acids is 1. The van der Waals surface area contributed by atoms with Gasteiger partial charge in [0.25, 0.3) is 0 Å². The van der Waals surface area contributed by atoms with Crippen molar-refractivity contribution >= 4 is 22.7 Å². The first-order valence-corrected chi connectivity index (χ1v) is 8.09. The summed E-state index contributed by atoms with van der Waals surface area (Å²) in [5.41, 5.74) is 0. The van der Waals surface area contributed by atoms with Gasteiger partial charge in [0, 0.05) is 23.1 Å². The molecular weight excluding hydrogens is 310 g/mol. The SMILES string of the molecule is C[C@H](NC(=O)CCS(=O)c1ccc2c(c1)OCCO2)C(=O)O. The first-order valence-electron chi connectivity index (χ1n) is 6.77. The van der Waals surface area contributed by atoms with Crippen LogP contribution in [0.2, 0.25) is 0 Å². The molecule has 0 spiro atoms. The van der Waals surface area contributed by atoms with E-state index in [2.05, 4.69) is 5.32 Å². The molecule has 0 bridgehead atoms. The van der Waals surface area contributed by atoms with Gasteiger partial charge >= 0.3 is 5.97 Å². The molecule has 2 N–H and O–H groups in total. The summed E-state index contributed by atoms with van der Waals surface area (Å²) in [6.45, 7) is 2.30. The molecule has 1 aromatic carbocycles. The molecule has 22 heavy (non-hydrogen) atoms. The first-order chi connectivity index (χ1) is 10.5. The molecule has 0 radical (unpaired) electrons. The minimum Gasteiger partial charge on any atom is -0.486 e. The number of hydrogen-bond donors (Lipinski definition) is 2. The van der Waals surface area contributed by atoms with Crippen LogP contribution in [-0.4, -0.2) is 46.2 Å². The lowest BCUT2D eigenvalue weighted by atomic mass is 10.3. The van der Waals surface area contributed by atoms with Crippen LogP contribution in [0.3, 0.4) is 0 Å². The molecule has 7 nitrogen and oxygen atoms in total. The maximum atomic E-state index is 12.2. The van der Waals surface area contributed by atoms with E-state index in [9.17, 15) is 13.8 Å². The number of hydrogen-bond acceptors (Lipinski definition) is 5. The van der Waals surface area contributed by atoms with Crippen LogP contribution >= 0.6 is 0 Å². The number of ether oxygens (including phenoxy) is 2. The first kappa shape index (κ1) is 16.3. The van der Waals surface area contributed by atoms with Gasteiger partial charge in [-0.05, 0) is 19.1 Å². The summed E-state index contributed by atoms with van der Waals surface area (Å²) in [5, 5.41) is 11.0. The third-order valence-electron chi connectivity index (χ3n) is 3.04. The van der Waals surface area contributed by atoms with E-state index in [0.717, 1.165) is 0 Å². The number of benzene rings is 1. The molecule has 0 saturated carbocycles. The molecule has 0 aliphatic carbocycles. The minimum atomic E-state index is -1.37. The summed E-state index contributed by atoms with van der Waals surface area (Å²) in [6.07, 6.45) is -0.0152. The normalized spacial score (nSPS) is 15.7. The second kappa shape index (κ2) is 7.26. The summed E-state index contributed by atoms with van der Waals surface area (Å²) >= 11 is 0. The van der Waals surface area contributed by atoms with Gasteiger partial charge in [0.15, 0.2) is 11.5 Å². The Bertz CT molecular complexity index is 603. The molecule has 2 atom stereocenters. The largest absolute Gasteiger partial charge is 0.486 e. The summed E-state index contributed by atoms with van der Waals surface area (Å²) in [4.78, 5) is 22.7. The fourth-order valence-electron chi connectivity index (χ4n) is 1.84. The highest BCUT2D eigenvalue weighted by Crippen LogP contribution is 2.31. The molecule has 0 saturated heterocycles. The summed E-state index contributed by atoms with van der Waals surface area (Å²) < 4.78 is 23.0. The molecule has 8 heteroatoms. The standard InChI is InChI=1S/C14H17NO6S/c1-9(14(17)18)15-13(16)4-7-22(19)10-2-3-11-12(8-10)21-6-5-20-11/h2-3,8-9H,4-7H2,1H3,(H,15,16)(H,17,18)/t9-,22?/m0/s1. The number of carbonyl (C=O) groups is 2. The van der Waals surface area contributed by atoms with Crippen molar-refractivity contribution in [3.8, 4) is 11.5 Å². The second-order valence-electron chi connectivity index (χ2n) is 4.73. The van der Waals surface area contributed by atoms with Crippen LogP contribution in [0.15, 0.2) is 23.1 Å². The monoisotopic (exact) mass is 327 g/mol. The smallest absolute Gasteiger partial charge is 0.325 e. The van der Waals surface area contributed by atoms with E-state index < -0.39 is 28.7 Å². The highest BCUT2D eigenvalue weighted by atomic mass is 32.2. The van der Waals surface area contributed by atoms with Gasteiger partial charge in [-0.2, -0.15) is 0 Å². The molecule has 1 aliphatic rings. The quantitative estimate of drug-likeness (QED) is 0.791. The molecule has 1 aliphatic heterocycles. The molecule has 2 rings (SSSR count). The van der Waals surface area contributed by atoms with Crippen LogP contribution < -0.4 is 14.8 Å². The lowest BCUT2D eigenvalue weighted by Crippen LogP contribution is -2.38. The Labute approximate surface area is 130 Å². The van der Waals surface area contributed by atoms with Crippen molar-refractivity contribution in [2.75, 3.05) is 19.0 Å². The molecule has 0 aromatic heterocycles. The fraction of sp³-hybridized carbons (Fsp3) is 0.429. The molecule has 120 valence electrons. The van der Waals surface area contributed by atoms with Gasteiger partial charge in [0.2, 0.25) is 5.91 Å². The Hall–Kier alpha value is -2.09. The Morgan fingerprint density at radius 2 is 2.00 bits per heavy atom. The topological polar surface area (TPSA) is 102 Å². The average Bonchev–Trinajstić information content (AvgIpc) is 2.52. The maximum Gasteiger partial charge on any atom is 0.325 e. The lowest BCUT2D eigenvalue weighted by molar-refractivity contribution is -0.141. The average molecular weight is 327 g/mol. The second-order valence-corrected chi connectivity index (χ2v) is 6.30. The van der Waals surface area contributed by atoms with E-state index in [1.807, 2.05) is 0 Å². The number of carboxylic acid groups (broad SMARTS) is 1. The van der Waals surface area contributed by atoms with Gasteiger partial charge in [-0.3, -0.25) is 13.8 Å². The minimum absolute atomic E-state index is 0.0152. The number of carboxylic acids is 1. The highest BCUT2D eigenvalue weighted by Gasteiger charge is 2.17. The van der Waals surface area contributed by atoms with E-state index in [4.69, 9.17) is 14.6 Å². The summed E-state index contributed by atoms with van der Waals surface area (Å²) in [6, 6.07) is 4.04. The van der Waals surface area contributed by atoms with E-state index in [1.54, 1.807) is 18.2 Å². The van der Waals surface area contributed by atoms with Crippen molar-refractivity contribution in [2.24, 2.45) is 0 Å². The Morgan fingerprint density at radius 1 is 1.32 bits per heavy atom. The summed E-state index contributed by atoms with van der Waals surface area (Å²) in [5.74, 6) is -0.291. The zero-order chi connectivity index (χ0) is 16.1. The van der Waals surface area contributed by atoms with Crippen molar-refractivity contribution in [2.45, 2.75) is 24.3 Å². The van der Waals surface area contributed by atoms with E-state index in [-0.39, 0.29) is 12.2 Å². The third-order valence-corrected chi connectivity index (χ3v) is 4.39. The Balaban J connectivity index is 1.90. The maximum absolute atomic E-state index is 12.2. The van der Waals surface area contributed by atoms with Crippen molar-refractivity contribution < 1.29 is 28.4 Å². The Kier molecular flexibility index (Phi) is 5.37. The predicted octanol–water partition coefficient (Wildman–Crippen LogP) is 0.545. The lowest BCUT2D eigenvalue weighted by Gasteiger charge is -2.18. The number of rotatable bonds is 6. The van der Waals surface area contributed by atoms with Crippen LogP contribution in [0, 0.1) is 0 Å². The van der Waals surface area contributed by atoms with Crippen LogP contribution in [0.5, 0.6) is 11.5 Å². The van der Waals surface area contributed by atoms with E-state index in [1.165, 1.54) is 6.92 Å². The molecule has 1 heterocycles. The van der Waals surface area contributed by atoms with Gasteiger partial charge in [-0.25, -0.2) is 0 Å². The van der Waals surface area contributed by atoms with Crippen molar-refractivity contribution in [3.63, 3.8) is 0 Å². The number of fused-ring (bicyclic) bond motifs is 1. The van der Waals surface area contributed by atoms with E-state index >= 15 is 0 Å². The highest BCUT2D eigenvalue weighted by molar-refractivity contribution is 7.85. The molecule has 0 fully saturated rings. The molecular formula is C14H17NO6S. The fourth-order valence-corrected chi connectivity index (χ4v) is 2.91. The zero-order valence-electron chi connectivity index (χ0n) is 12.0. The Morgan fingerprint density at radius 3 is 2.68 bits per heavy atom. The number of aliphatic carboxylic acids is 1. The summed E-state index contributed by atoms with van der Waals surface area (Å²) in [7, 11) is -1.37. The number of amides is 1. The zero-order valence-corrected chi connectivity index (χ0v) is 12.9. The van der Waals surface area contributed by atoms with E-state index in [0.29, 0.717) is 29.6 Å². The van der Waals surface area contributed by atoms with Gasteiger partial charge in [-0.1, -0.05) is 0 Å². The van der Waals surface area contributed by atoms with Crippen LogP contribution in [0.4, 0.5) is 0 Å². The van der Waals surface area contributed by atoms with Gasteiger partial charge < -0.3 is 19.9 Å². The molecule has 1 unspecified atom stereocenters. The van der Waals surface area contributed by atoms with Crippen molar-refractivity contribution in [1.29, 1.82) is 0 Å². The van der Waals surface area contributed by atoms with Crippen LogP contribution in [-0.2, 0) is 20.4 Å². The third kappa shape index (κ3) is 4.20. The van der Waals surface area contributed by atoms with Crippen LogP contribution in [0.1, 0.15) is 13.3 Å². The van der Waals surface area contributed by atoms with Gasteiger partial charge in [0.1, 0.15) is 19.3 Å². The van der Waals surface area contributed by atoms with Gasteiger partial charge in [-0.15, -0.1) is 0 Å². The van der Waals surface area contributed by atoms with Crippen LogP contribution in [0.25, 0.3) is 0 Å². The van der Waals surface area contributed by atoms with Gasteiger partial charge in [0.05, 0.1) is 10.8 Å². The molecule has 1 amide bonds. The van der Waals surface area contributed by atoms with Crippen molar-refractivity contribution in [1.82, 2.24) is 5.32 Å². The predicted molar refractivity (Wildman–Crippen MR) is 78.6 cm³/mol. The van der Waals surface area contributed by atoms with Crippen molar-refractivity contribution in [3.05, 3.63) is 18.2 Å². The number of nitrogens with one attached hydrogen (secondary N) is 1.